The van der Waals surface area contributed by atoms with E-state index in [1.54, 1.807) is 4.68 Å². The summed E-state index contributed by atoms with van der Waals surface area (Å²) in [6, 6.07) is 19.9. The number of anilines is 1. The third kappa shape index (κ3) is 4.31. The summed E-state index contributed by atoms with van der Waals surface area (Å²) in [5.41, 5.74) is 3.88. The first-order valence-corrected chi connectivity index (χ1v) is 11.6. The molecule has 1 aliphatic rings. The van der Waals surface area contributed by atoms with Crippen LogP contribution >= 0.6 is 11.8 Å². The summed E-state index contributed by atoms with van der Waals surface area (Å²) < 4.78 is 3.77. The Balaban J connectivity index is 1.35. The van der Waals surface area contributed by atoms with Gasteiger partial charge < -0.3 is 9.88 Å². The van der Waals surface area contributed by atoms with E-state index < -0.39 is 0 Å². The number of thioether (sulfide) groups is 1. The van der Waals surface area contributed by atoms with Crippen LogP contribution in [0.2, 0.25) is 0 Å². The third-order valence-corrected chi connectivity index (χ3v) is 6.49. The quantitative estimate of drug-likeness (QED) is 0.422. The Morgan fingerprint density at radius 2 is 1.84 bits per heavy atom. The van der Waals surface area contributed by atoms with Gasteiger partial charge in [-0.2, -0.15) is 5.10 Å². The van der Waals surface area contributed by atoms with Crippen molar-refractivity contribution in [3.63, 3.8) is 0 Å². The first-order valence-electron chi connectivity index (χ1n) is 10.6. The van der Waals surface area contributed by atoms with Crippen molar-refractivity contribution < 1.29 is 4.79 Å². The highest BCUT2D eigenvalue weighted by molar-refractivity contribution is 7.99. The lowest BCUT2D eigenvalue weighted by Gasteiger charge is -2.08. The first kappa shape index (κ1) is 20.5. The number of nitrogens with zero attached hydrogens (tertiary/aromatic N) is 5. The van der Waals surface area contributed by atoms with E-state index >= 15 is 0 Å². The second-order valence-corrected chi connectivity index (χ2v) is 8.98. The van der Waals surface area contributed by atoms with E-state index in [4.69, 9.17) is 5.10 Å². The summed E-state index contributed by atoms with van der Waals surface area (Å²) in [5.74, 6) is 2.30. The van der Waals surface area contributed by atoms with E-state index in [0.717, 1.165) is 27.9 Å². The molecule has 7 nitrogen and oxygen atoms in total. The molecule has 1 fully saturated rings. The summed E-state index contributed by atoms with van der Waals surface area (Å²) in [7, 11) is 1.96. The topological polar surface area (TPSA) is 77.6 Å². The number of hydrogen-bond donors (Lipinski definition) is 1. The van der Waals surface area contributed by atoms with Gasteiger partial charge in [-0.25, -0.2) is 4.68 Å². The standard InChI is InChI=1S/C24H24N6OS/c1-16-8-10-17(11-9-16)20-14-21(30(28-20)19-6-4-3-5-7-19)25-22(31)15-32-24-27-26-23(29(24)2)18-12-13-18/h3-11,14,18H,12-13,15H2,1-2H3,(H,25,31). The summed E-state index contributed by atoms with van der Waals surface area (Å²) in [5, 5.41) is 17.1. The maximum Gasteiger partial charge on any atom is 0.236 e. The molecule has 1 amide bonds. The minimum absolute atomic E-state index is 0.112. The molecular formula is C24H24N6OS. The molecule has 162 valence electrons. The van der Waals surface area contributed by atoms with Gasteiger partial charge in [0.1, 0.15) is 11.6 Å². The normalized spacial score (nSPS) is 13.3. The van der Waals surface area contributed by atoms with Gasteiger partial charge in [0.15, 0.2) is 5.16 Å². The van der Waals surface area contributed by atoms with Gasteiger partial charge in [-0.3, -0.25) is 4.79 Å². The summed E-state index contributed by atoms with van der Waals surface area (Å²) in [6.07, 6.45) is 2.34. The number of aromatic nitrogens is 5. The molecule has 8 heteroatoms. The van der Waals surface area contributed by atoms with E-state index in [0.29, 0.717) is 11.7 Å². The molecule has 0 spiro atoms. The van der Waals surface area contributed by atoms with Crippen LogP contribution in [0.15, 0.2) is 65.8 Å². The van der Waals surface area contributed by atoms with Crippen molar-refractivity contribution >= 4 is 23.5 Å². The molecule has 32 heavy (non-hydrogen) atoms. The number of nitrogens with one attached hydrogen (secondary N) is 1. The van der Waals surface area contributed by atoms with Crippen LogP contribution in [0.3, 0.4) is 0 Å². The molecule has 0 bridgehead atoms. The number of carbonyl (C=O) groups excluding carboxylic acids is 1. The Kier molecular flexibility index (Phi) is 5.53. The van der Waals surface area contributed by atoms with Crippen LogP contribution in [-0.4, -0.2) is 36.2 Å². The number of para-hydroxylation sites is 1. The summed E-state index contributed by atoms with van der Waals surface area (Å²) in [4.78, 5) is 12.8. The van der Waals surface area contributed by atoms with Gasteiger partial charge in [-0.05, 0) is 31.9 Å². The average molecular weight is 445 g/mol. The second-order valence-electron chi connectivity index (χ2n) is 8.04. The second kappa shape index (κ2) is 8.63. The van der Waals surface area contributed by atoms with Gasteiger partial charge in [-0.1, -0.05) is 59.8 Å². The highest BCUT2D eigenvalue weighted by atomic mass is 32.2. The van der Waals surface area contributed by atoms with Gasteiger partial charge >= 0.3 is 0 Å². The Labute approximate surface area is 190 Å². The molecule has 0 unspecified atom stereocenters. The predicted octanol–water partition coefficient (Wildman–Crippen LogP) is 4.58. The van der Waals surface area contributed by atoms with Crippen molar-refractivity contribution in [2.45, 2.75) is 30.8 Å². The van der Waals surface area contributed by atoms with Gasteiger partial charge in [0, 0.05) is 24.6 Å². The fourth-order valence-electron chi connectivity index (χ4n) is 3.56. The van der Waals surface area contributed by atoms with Gasteiger partial charge in [0.05, 0.1) is 17.1 Å². The van der Waals surface area contributed by atoms with Gasteiger partial charge in [0.25, 0.3) is 0 Å². The average Bonchev–Trinajstić information content (AvgIpc) is 3.46. The zero-order valence-corrected chi connectivity index (χ0v) is 18.8. The summed E-state index contributed by atoms with van der Waals surface area (Å²) >= 11 is 1.39. The van der Waals surface area contributed by atoms with Crippen molar-refractivity contribution in [2.75, 3.05) is 11.1 Å². The van der Waals surface area contributed by atoms with Crippen molar-refractivity contribution in [3.8, 4) is 16.9 Å². The molecule has 0 atom stereocenters. The molecule has 0 aliphatic heterocycles. The molecule has 2 aromatic heterocycles. The maximum absolute atomic E-state index is 12.8. The molecule has 2 aromatic carbocycles. The number of benzene rings is 2. The fraction of sp³-hybridized carbons (Fsp3) is 0.250. The Hall–Kier alpha value is -3.39. The molecule has 4 aromatic rings. The van der Waals surface area contributed by atoms with Crippen LogP contribution in [0.4, 0.5) is 5.82 Å². The molecule has 0 saturated heterocycles. The zero-order chi connectivity index (χ0) is 22.1. The monoisotopic (exact) mass is 444 g/mol. The lowest BCUT2D eigenvalue weighted by molar-refractivity contribution is -0.113. The van der Waals surface area contributed by atoms with Crippen LogP contribution in [-0.2, 0) is 11.8 Å². The number of amides is 1. The zero-order valence-electron chi connectivity index (χ0n) is 18.0. The minimum atomic E-state index is -0.112. The number of carbonyl (C=O) groups is 1. The van der Waals surface area contributed by atoms with Gasteiger partial charge in [-0.15, -0.1) is 10.2 Å². The smallest absolute Gasteiger partial charge is 0.236 e. The van der Waals surface area contributed by atoms with E-state index in [1.807, 2.05) is 60.1 Å². The SMILES string of the molecule is Cc1ccc(-c2cc(NC(=O)CSc3nnc(C4CC4)n3C)n(-c3ccccc3)n2)cc1. The molecule has 5 rings (SSSR count). The van der Waals surface area contributed by atoms with Crippen LogP contribution in [0, 0.1) is 6.92 Å². The van der Waals surface area contributed by atoms with Crippen LogP contribution in [0.25, 0.3) is 16.9 Å². The van der Waals surface area contributed by atoms with E-state index in [2.05, 4.69) is 34.6 Å². The summed E-state index contributed by atoms with van der Waals surface area (Å²) in [6.45, 7) is 2.06. The molecule has 1 aliphatic carbocycles. The van der Waals surface area contributed by atoms with Crippen molar-refractivity contribution in [3.05, 3.63) is 72.1 Å². The molecule has 2 heterocycles. The first-order chi connectivity index (χ1) is 15.6. The molecule has 0 radical (unpaired) electrons. The maximum atomic E-state index is 12.8. The predicted molar refractivity (Wildman–Crippen MR) is 126 cm³/mol. The highest BCUT2D eigenvalue weighted by Gasteiger charge is 2.29. The van der Waals surface area contributed by atoms with Crippen LogP contribution in [0.1, 0.15) is 30.1 Å². The lowest BCUT2D eigenvalue weighted by atomic mass is 10.1. The minimum Gasteiger partial charge on any atom is -0.310 e. The molecule has 1 saturated carbocycles. The number of hydrogen-bond acceptors (Lipinski definition) is 5. The fourth-order valence-corrected chi connectivity index (χ4v) is 4.28. The van der Waals surface area contributed by atoms with E-state index in [9.17, 15) is 4.79 Å². The Morgan fingerprint density at radius 1 is 1.09 bits per heavy atom. The van der Waals surface area contributed by atoms with E-state index in [1.165, 1.54) is 30.2 Å². The van der Waals surface area contributed by atoms with Crippen molar-refractivity contribution in [1.82, 2.24) is 24.5 Å². The molecule has 1 N–H and O–H groups in total. The van der Waals surface area contributed by atoms with Crippen LogP contribution < -0.4 is 5.32 Å². The number of aryl methyl sites for hydroxylation is 1. The third-order valence-electron chi connectivity index (χ3n) is 5.47. The lowest BCUT2D eigenvalue weighted by Crippen LogP contribution is -2.17. The van der Waals surface area contributed by atoms with Crippen molar-refractivity contribution in [2.24, 2.45) is 7.05 Å². The van der Waals surface area contributed by atoms with Crippen molar-refractivity contribution in [1.29, 1.82) is 0 Å². The Morgan fingerprint density at radius 3 is 2.56 bits per heavy atom. The van der Waals surface area contributed by atoms with Gasteiger partial charge in [0.2, 0.25) is 5.91 Å². The molecular weight excluding hydrogens is 420 g/mol. The largest absolute Gasteiger partial charge is 0.310 e. The number of rotatable bonds is 7. The van der Waals surface area contributed by atoms with Crippen LogP contribution in [0.5, 0.6) is 0 Å². The Bertz CT molecular complexity index is 1240. The van der Waals surface area contributed by atoms with E-state index in [-0.39, 0.29) is 11.7 Å². The highest BCUT2D eigenvalue weighted by Crippen LogP contribution is 2.39.